The van der Waals surface area contributed by atoms with E-state index in [0.717, 1.165) is 5.56 Å². The monoisotopic (exact) mass is 251 g/mol. The Morgan fingerprint density at radius 2 is 2.29 bits per heavy atom. The van der Waals surface area contributed by atoms with Gasteiger partial charge in [-0.05, 0) is 24.6 Å². The smallest absolute Gasteiger partial charge is 0.288 e. The standard InChI is InChI=1S/C10H10ClN5O/c1-6-7(11)3-2-4-8(6)15-16-9(5-12)10(17)14-13/h2-4,15H,13H2,1H3,(H,14,17)/b16-9-. The van der Waals surface area contributed by atoms with Crippen molar-refractivity contribution in [3.8, 4) is 6.07 Å². The molecule has 0 aromatic heterocycles. The molecule has 0 aliphatic rings. The highest BCUT2D eigenvalue weighted by Gasteiger charge is 2.09. The average Bonchev–Trinajstić information content (AvgIpc) is 2.34. The maximum absolute atomic E-state index is 11.1. The van der Waals surface area contributed by atoms with Crippen molar-refractivity contribution in [2.24, 2.45) is 10.9 Å². The second kappa shape index (κ2) is 5.84. The molecular weight excluding hydrogens is 242 g/mol. The van der Waals surface area contributed by atoms with Crippen LogP contribution in [-0.4, -0.2) is 11.6 Å². The van der Waals surface area contributed by atoms with E-state index in [1.54, 1.807) is 31.2 Å². The van der Waals surface area contributed by atoms with Gasteiger partial charge in [-0.25, -0.2) is 5.84 Å². The summed E-state index contributed by atoms with van der Waals surface area (Å²) in [6.45, 7) is 1.79. The summed E-state index contributed by atoms with van der Waals surface area (Å²) >= 11 is 5.90. The number of hydrazine groups is 1. The third kappa shape index (κ3) is 3.17. The van der Waals surface area contributed by atoms with Gasteiger partial charge < -0.3 is 0 Å². The number of hydrogen-bond donors (Lipinski definition) is 3. The molecule has 1 aromatic rings. The van der Waals surface area contributed by atoms with Gasteiger partial charge in [0.2, 0.25) is 5.71 Å². The maximum Gasteiger partial charge on any atom is 0.296 e. The molecule has 0 bridgehead atoms. The molecule has 0 spiro atoms. The predicted octanol–water partition coefficient (Wildman–Crippen LogP) is 0.930. The highest BCUT2D eigenvalue weighted by Crippen LogP contribution is 2.22. The van der Waals surface area contributed by atoms with Crippen molar-refractivity contribution in [1.82, 2.24) is 5.43 Å². The lowest BCUT2D eigenvalue weighted by molar-refractivity contribution is -0.114. The molecular formula is C10H10ClN5O. The van der Waals surface area contributed by atoms with Crippen LogP contribution < -0.4 is 16.7 Å². The van der Waals surface area contributed by atoms with E-state index < -0.39 is 5.91 Å². The van der Waals surface area contributed by atoms with Crippen molar-refractivity contribution in [3.05, 3.63) is 28.8 Å². The predicted molar refractivity (Wildman–Crippen MR) is 65.2 cm³/mol. The molecule has 1 aromatic carbocycles. The van der Waals surface area contributed by atoms with Crippen molar-refractivity contribution < 1.29 is 4.79 Å². The third-order valence-corrected chi connectivity index (χ3v) is 2.42. The second-order valence-electron chi connectivity index (χ2n) is 3.07. The molecule has 6 nitrogen and oxygen atoms in total. The molecule has 0 heterocycles. The Bertz CT molecular complexity index is 506. The highest BCUT2D eigenvalue weighted by atomic mass is 35.5. The molecule has 7 heteroatoms. The molecule has 17 heavy (non-hydrogen) atoms. The van der Waals surface area contributed by atoms with Gasteiger partial charge in [-0.1, -0.05) is 17.7 Å². The molecule has 0 unspecified atom stereocenters. The Balaban J connectivity index is 2.93. The van der Waals surface area contributed by atoms with Crippen LogP contribution in [0, 0.1) is 18.3 Å². The van der Waals surface area contributed by atoms with Gasteiger partial charge in [0, 0.05) is 5.02 Å². The largest absolute Gasteiger partial charge is 0.296 e. The molecule has 0 saturated carbocycles. The van der Waals surface area contributed by atoms with E-state index in [1.165, 1.54) is 0 Å². The molecule has 0 fully saturated rings. The number of hydrogen-bond acceptors (Lipinski definition) is 5. The zero-order valence-corrected chi connectivity index (χ0v) is 9.75. The molecule has 88 valence electrons. The quantitative estimate of drug-likeness (QED) is 0.322. The number of amides is 1. The molecule has 0 aliphatic heterocycles. The molecule has 1 amide bonds. The van der Waals surface area contributed by atoms with Crippen molar-refractivity contribution in [1.29, 1.82) is 5.26 Å². The van der Waals surface area contributed by atoms with Crippen LogP contribution in [0.25, 0.3) is 0 Å². The zero-order chi connectivity index (χ0) is 12.8. The fourth-order valence-corrected chi connectivity index (χ4v) is 1.21. The number of hydrazone groups is 1. The summed E-state index contributed by atoms with van der Waals surface area (Å²) in [4.78, 5) is 11.1. The number of nitrogens with zero attached hydrogens (tertiary/aromatic N) is 2. The summed E-state index contributed by atoms with van der Waals surface area (Å²) in [7, 11) is 0. The first-order valence-electron chi connectivity index (χ1n) is 4.60. The van der Waals surface area contributed by atoms with Crippen LogP contribution in [0.5, 0.6) is 0 Å². The van der Waals surface area contributed by atoms with E-state index in [2.05, 4.69) is 10.5 Å². The van der Waals surface area contributed by atoms with Gasteiger partial charge in [0.1, 0.15) is 6.07 Å². The molecule has 0 atom stereocenters. The number of rotatable bonds is 3. The van der Waals surface area contributed by atoms with E-state index in [0.29, 0.717) is 10.7 Å². The minimum Gasteiger partial charge on any atom is -0.288 e. The van der Waals surface area contributed by atoms with Gasteiger partial charge in [0.05, 0.1) is 5.69 Å². The van der Waals surface area contributed by atoms with E-state index in [1.807, 2.05) is 5.43 Å². The van der Waals surface area contributed by atoms with Gasteiger partial charge in [0.25, 0.3) is 5.91 Å². The van der Waals surface area contributed by atoms with E-state index in [4.69, 9.17) is 22.7 Å². The number of carbonyl (C=O) groups excluding carboxylic acids is 1. The summed E-state index contributed by atoms with van der Waals surface area (Å²) < 4.78 is 0. The first-order valence-corrected chi connectivity index (χ1v) is 4.97. The summed E-state index contributed by atoms with van der Waals surface area (Å²) in [5, 5.41) is 12.9. The van der Waals surface area contributed by atoms with Crippen LogP contribution in [0.15, 0.2) is 23.3 Å². The Kier molecular flexibility index (Phi) is 4.46. The maximum atomic E-state index is 11.1. The van der Waals surface area contributed by atoms with Crippen LogP contribution >= 0.6 is 11.6 Å². The van der Waals surface area contributed by atoms with Crippen molar-refractivity contribution in [2.45, 2.75) is 6.92 Å². The summed E-state index contributed by atoms with van der Waals surface area (Å²) in [5.74, 6) is 4.13. The van der Waals surface area contributed by atoms with Crippen LogP contribution in [0.2, 0.25) is 5.02 Å². The molecule has 4 N–H and O–H groups in total. The number of anilines is 1. The average molecular weight is 252 g/mol. The SMILES string of the molecule is Cc1c(Cl)cccc1N/N=C(/C#N)C(=O)NN. The molecule has 1 rings (SSSR count). The number of benzene rings is 1. The summed E-state index contributed by atoms with van der Waals surface area (Å²) in [6.07, 6.45) is 0. The molecule has 0 saturated heterocycles. The van der Waals surface area contributed by atoms with Gasteiger partial charge in [0.15, 0.2) is 0 Å². The first-order chi connectivity index (χ1) is 8.10. The Morgan fingerprint density at radius 1 is 1.59 bits per heavy atom. The summed E-state index contributed by atoms with van der Waals surface area (Å²) in [5.41, 5.74) is 5.41. The van der Waals surface area contributed by atoms with Gasteiger partial charge >= 0.3 is 0 Å². The highest BCUT2D eigenvalue weighted by molar-refractivity contribution is 6.45. The van der Waals surface area contributed by atoms with Gasteiger partial charge in [-0.3, -0.25) is 15.6 Å². The topological polar surface area (TPSA) is 103 Å². The second-order valence-corrected chi connectivity index (χ2v) is 3.48. The number of carbonyl (C=O) groups is 1. The lowest BCUT2D eigenvalue weighted by atomic mass is 10.2. The van der Waals surface area contributed by atoms with Crippen LogP contribution in [0.3, 0.4) is 0 Å². The van der Waals surface area contributed by atoms with Crippen LogP contribution in [0.1, 0.15) is 5.56 Å². The van der Waals surface area contributed by atoms with E-state index in [9.17, 15) is 4.79 Å². The van der Waals surface area contributed by atoms with E-state index >= 15 is 0 Å². The van der Waals surface area contributed by atoms with Crippen LogP contribution in [-0.2, 0) is 4.79 Å². The van der Waals surface area contributed by atoms with Crippen molar-refractivity contribution in [3.63, 3.8) is 0 Å². The minimum absolute atomic E-state index is 0.369. The Morgan fingerprint density at radius 3 is 2.88 bits per heavy atom. The van der Waals surface area contributed by atoms with Gasteiger partial charge in [-0.15, -0.1) is 0 Å². The number of halogens is 1. The van der Waals surface area contributed by atoms with E-state index in [-0.39, 0.29) is 5.71 Å². The van der Waals surface area contributed by atoms with Crippen LogP contribution in [0.4, 0.5) is 5.69 Å². The van der Waals surface area contributed by atoms with Crippen molar-refractivity contribution >= 4 is 28.9 Å². The van der Waals surface area contributed by atoms with Gasteiger partial charge in [-0.2, -0.15) is 10.4 Å². The third-order valence-electron chi connectivity index (χ3n) is 2.01. The first kappa shape index (κ1) is 13.0. The Hall–Kier alpha value is -2.10. The summed E-state index contributed by atoms with van der Waals surface area (Å²) in [6, 6.07) is 6.79. The minimum atomic E-state index is -0.764. The fraction of sp³-hybridized carbons (Fsp3) is 0.100. The zero-order valence-electron chi connectivity index (χ0n) is 8.99. The Labute approximate surface area is 103 Å². The molecule has 0 aliphatic carbocycles. The lowest BCUT2D eigenvalue weighted by Crippen LogP contribution is -2.36. The lowest BCUT2D eigenvalue weighted by Gasteiger charge is -2.06. The fourth-order valence-electron chi connectivity index (χ4n) is 1.04. The number of nitrogens with one attached hydrogen (secondary N) is 2. The molecule has 0 radical (unpaired) electrons. The number of nitriles is 1. The normalized spacial score (nSPS) is 10.6. The number of nitrogens with two attached hydrogens (primary N) is 1. The van der Waals surface area contributed by atoms with Crippen molar-refractivity contribution in [2.75, 3.05) is 5.43 Å².